The average Bonchev–Trinajstić information content (AvgIpc) is 3.56. The molecule has 0 atom stereocenters. The number of thiophene rings is 1. The third-order valence-corrected chi connectivity index (χ3v) is 7.18. The number of piperazine rings is 1. The van der Waals surface area contributed by atoms with Crippen LogP contribution in [0.3, 0.4) is 0 Å². The fraction of sp³-hybridized carbons (Fsp3) is 0.231. The second-order valence-corrected chi connectivity index (χ2v) is 9.59. The Kier molecular flexibility index (Phi) is 6.08. The number of nitro benzene ring substituents is 1. The summed E-state index contributed by atoms with van der Waals surface area (Å²) in [5, 5.41) is 17.8. The summed E-state index contributed by atoms with van der Waals surface area (Å²) < 4.78 is 1.78. The maximum absolute atomic E-state index is 13.7. The van der Waals surface area contributed by atoms with Crippen molar-refractivity contribution >= 4 is 28.6 Å². The number of carbonyl (C=O) groups is 1. The van der Waals surface area contributed by atoms with Gasteiger partial charge in [0.15, 0.2) is 0 Å². The van der Waals surface area contributed by atoms with Crippen molar-refractivity contribution in [1.82, 2.24) is 14.7 Å². The monoisotopic (exact) mass is 487 g/mol. The van der Waals surface area contributed by atoms with Gasteiger partial charge < -0.3 is 9.80 Å². The summed E-state index contributed by atoms with van der Waals surface area (Å²) in [4.78, 5) is 29.3. The Balaban J connectivity index is 1.40. The molecule has 0 saturated carbocycles. The Morgan fingerprint density at radius 3 is 2.40 bits per heavy atom. The zero-order valence-corrected chi connectivity index (χ0v) is 20.4. The quantitative estimate of drug-likeness (QED) is 0.289. The summed E-state index contributed by atoms with van der Waals surface area (Å²) in [6, 6.07) is 18.6. The van der Waals surface area contributed by atoms with E-state index in [2.05, 4.69) is 17.0 Å². The first-order chi connectivity index (χ1) is 16.9. The van der Waals surface area contributed by atoms with Crippen LogP contribution in [0.2, 0.25) is 0 Å². The van der Waals surface area contributed by atoms with Crippen LogP contribution in [0.25, 0.3) is 16.3 Å². The predicted octanol–water partition coefficient (Wildman–Crippen LogP) is 5.09. The lowest BCUT2D eigenvalue weighted by molar-refractivity contribution is -0.384. The van der Waals surface area contributed by atoms with Crippen molar-refractivity contribution in [3.63, 3.8) is 0 Å². The van der Waals surface area contributed by atoms with Gasteiger partial charge in [0.25, 0.3) is 11.6 Å². The van der Waals surface area contributed by atoms with Gasteiger partial charge in [-0.2, -0.15) is 5.10 Å². The highest BCUT2D eigenvalue weighted by atomic mass is 32.1. The van der Waals surface area contributed by atoms with E-state index in [-0.39, 0.29) is 11.6 Å². The highest BCUT2D eigenvalue weighted by Crippen LogP contribution is 2.28. The standard InChI is InChI=1S/C26H25N5O3S/c1-18-5-6-19(2)23(16-18)30-24(17-22(27-30)25-4-3-15-35-25)26(32)29-13-11-28(12-14-29)20-7-9-21(10-8-20)31(33)34/h3-10,15-17H,11-14H2,1-2H3. The van der Waals surface area contributed by atoms with Crippen molar-refractivity contribution in [2.45, 2.75) is 13.8 Å². The number of hydrogen-bond acceptors (Lipinski definition) is 6. The van der Waals surface area contributed by atoms with E-state index in [1.165, 1.54) is 12.1 Å². The van der Waals surface area contributed by atoms with Crippen LogP contribution in [0.15, 0.2) is 66.0 Å². The SMILES string of the molecule is Cc1ccc(C)c(-n2nc(-c3cccs3)cc2C(=O)N2CCN(c3ccc([N+](=O)[O-])cc3)CC2)c1. The van der Waals surface area contributed by atoms with E-state index in [9.17, 15) is 14.9 Å². The first-order valence-corrected chi connectivity index (χ1v) is 12.3. The average molecular weight is 488 g/mol. The van der Waals surface area contributed by atoms with Crippen molar-refractivity contribution in [1.29, 1.82) is 0 Å². The van der Waals surface area contributed by atoms with Gasteiger partial charge in [-0.05, 0) is 60.7 Å². The number of carbonyl (C=O) groups excluding carboxylic acids is 1. The molecule has 1 aliphatic rings. The lowest BCUT2D eigenvalue weighted by Gasteiger charge is -2.36. The topological polar surface area (TPSA) is 84.5 Å². The number of hydrogen-bond donors (Lipinski definition) is 0. The zero-order valence-electron chi connectivity index (χ0n) is 19.5. The molecule has 2 aromatic carbocycles. The zero-order chi connectivity index (χ0) is 24.5. The molecule has 1 fully saturated rings. The molecule has 1 saturated heterocycles. The van der Waals surface area contributed by atoms with E-state index in [1.807, 2.05) is 48.4 Å². The van der Waals surface area contributed by atoms with Gasteiger partial charge in [0.2, 0.25) is 0 Å². The molecule has 2 aromatic heterocycles. The first kappa shape index (κ1) is 22.8. The molecule has 0 N–H and O–H groups in total. The number of amides is 1. The number of anilines is 1. The number of nitrogens with zero attached hydrogens (tertiary/aromatic N) is 5. The Labute approximate surface area is 207 Å². The third-order valence-electron chi connectivity index (χ3n) is 6.29. The van der Waals surface area contributed by atoms with Crippen LogP contribution in [-0.4, -0.2) is 51.7 Å². The normalized spacial score (nSPS) is 13.8. The van der Waals surface area contributed by atoms with Crippen LogP contribution in [0.4, 0.5) is 11.4 Å². The van der Waals surface area contributed by atoms with Crippen molar-refractivity contribution in [2.24, 2.45) is 0 Å². The Hall–Kier alpha value is -3.98. The Morgan fingerprint density at radius 2 is 1.74 bits per heavy atom. The second-order valence-electron chi connectivity index (χ2n) is 8.65. The Bertz CT molecular complexity index is 1370. The molecule has 0 radical (unpaired) electrons. The van der Waals surface area contributed by atoms with Gasteiger partial charge in [-0.25, -0.2) is 4.68 Å². The van der Waals surface area contributed by atoms with Crippen LogP contribution in [0, 0.1) is 24.0 Å². The molecule has 4 aromatic rings. The van der Waals surface area contributed by atoms with Gasteiger partial charge in [0, 0.05) is 44.0 Å². The van der Waals surface area contributed by atoms with Gasteiger partial charge in [0.1, 0.15) is 11.4 Å². The molecule has 35 heavy (non-hydrogen) atoms. The number of nitro groups is 1. The minimum Gasteiger partial charge on any atom is -0.368 e. The maximum atomic E-state index is 13.7. The second kappa shape index (κ2) is 9.34. The number of aromatic nitrogens is 2. The third kappa shape index (κ3) is 4.54. The van der Waals surface area contributed by atoms with Gasteiger partial charge in [-0.1, -0.05) is 18.2 Å². The van der Waals surface area contributed by atoms with E-state index >= 15 is 0 Å². The molecule has 0 bridgehead atoms. The summed E-state index contributed by atoms with van der Waals surface area (Å²) >= 11 is 1.60. The molecule has 0 spiro atoms. The van der Waals surface area contributed by atoms with E-state index in [4.69, 9.17) is 5.10 Å². The number of aryl methyl sites for hydroxylation is 2. The van der Waals surface area contributed by atoms with Crippen LogP contribution in [0.5, 0.6) is 0 Å². The van der Waals surface area contributed by atoms with E-state index in [0.717, 1.165) is 33.1 Å². The predicted molar refractivity (Wildman–Crippen MR) is 138 cm³/mol. The molecule has 9 heteroatoms. The van der Waals surface area contributed by atoms with Gasteiger partial charge >= 0.3 is 0 Å². The number of rotatable bonds is 5. The molecule has 0 aliphatic carbocycles. The van der Waals surface area contributed by atoms with Gasteiger partial charge in [-0.15, -0.1) is 11.3 Å². The molecule has 0 unspecified atom stereocenters. The van der Waals surface area contributed by atoms with Crippen molar-refractivity contribution in [2.75, 3.05) is 31.1 Å². The van der Waals surface area contributed by atoms with E-state index < -0.39 is 4.92 Å². The van der Waals surface area contributed by atoms with Crippen molar-refractivity contribution < 1.29 is 9.72 Å². The summed E-state index contributed by atoms with van der Waals surface area (Å²) in [6.07, 6.45) is 0. The van der Waals surface area contributed by atoms with Crippen molar-refractivity contribution in [3.05, 3.63) is 93.0 Å². The maximum Gasteiger partial charge on any atom is 0.272 e. The highest BCUT2D eigenvalue weighted by Gasteiger charge is 2.27. The minimum atomic E-state index is -0.399. The molecule has 178 valence electrons. The summed E-state index contributed by atoms with van der Waals surface area (Å²) in [7, 11) is 0. The molecular formula is C26H25N5O3S. The number of benzene rings is 2. The summed E-state index contributed by atoms with van der Waals surface area (Å²) in [6.45, 7) is 6.48. The Morgan fingerprint density at radius 1 is 1.00 bits per heavy atom. The minimum absolute atomic E-state index is 0.0513. The van der Waals surface area contributed by atoms with Gasteiger partial charge in [0.05, 0.1) is 15.5 Å². The van der Waals surface area contributed by atoms with Crippen LogP contribution in [0.1, 0.15) is 21.6 Å². The van der Waals surface area contributed by atoms with E-state index in [1.54, 1.807) is 28.2 Å². The number of non-ortho nitro benzene ring substituents is 1. The molecule has 5 rings (SSSR count). The van der Waals surface area contributed by atoms with Gasteiger partial charge in [-0.3, -0.25) is 14.9 Å². The van der Waals surface area contributed by atoms with Crippen molar-refractivity contribution in [3.8, 4) is 16.3 Å². The highest BCUT2D eigenvalue weighted by molar-refractivity contribution is 7.13. The lowest BCUT2D eigenvalue weighted by Crippen LogP contribution is -2.49. The van der Waals surface area contributed by atoms with E-state index in [0.29, 0.717) is 31.9 Å². The smallest absolute Gasteiger partial charge is 0.272 e. The largest absolute Gasteiger partial charge is 0.368 e. The molecule has 8 nitrogen and oxygen atoms in total. The molecular weight excluding hydrogens is 462 g/mol. The fourth-order valence-electron chi connectivity index (χ4n) is 4.32. The first-order valence-electron chi connectivity index (χ1n) is 11.4. The fourth-order valence-corrected chi connectivity index (χ4v) is 5.01. The summed E-state index contributed by atoms with van der Waals surface area (Å²) in [5.41, 5.74) is 5.38. The molecule has 1 amide bonds. The molecule has 3 heterocycles. The lowest BCUT2D eigenvalue weighted by atomic mass is 10.1. The van der Waals surface area contributed by atoms with Crippen LogP contribution < -0.4 is 4.90 Å². The summed E-state index contributed by atoms with van der Waals surface area (Å²) in [5.74, 6) is -0.0513. The molecule has 1 aliphatic heterocycles. The van der Waals surface area contributed by atoms with Crippen LogP contribution in [-0.2, 0) is 0 Å². The van der Waals surface area contributed by atoms with Crippen LogP contribution >= 0.6 is 11.3 Å².